The van der Waals surface area contributed by atoms with E-state index in [0.717, 1.165) is 32.4 Å². The van der Waals surface area contributed by atoms with E-state index in [-0.39, 0.29) is 11.0 Å². The molecule has 0 amide bonds. The van der Waals surface area contributed by atoms with Gasteiger partial charge in [0.2, 0.25) is 11.1 Å². The molecule has 1 fully saturated rings. The summed E-state index contributed by atoms with van der Waals surface area (Å²) < 4.78 is 0. The molecule has 1 unspecified atom stereocenters. The Hall–Kier alpha value is -1.43. The Morgan fingerprint density at radius 1 is 1.37 bits per heavy atom. The molecular formula is C12H17ClN4O2. The van der Waals surface area contributed by atoms with Crippen LogP contribution in [-0.4, -0.2) is 28.0 Å². The van der Waals surface area contributed by atoms with E-state index in [9.17, 15) is 10.1 Å². The number of hydrogen-bond acceptors (Lipinski definition) is 5. The predicted octanol–water partition coefficient (Wildman–Crippen LogP) is 2.97. The Kier molecular flexibility index (Phi) is 4.19. The van der Waals surface area contributed by atoms with Crippen molar-refractivity contribution in [2.75, 3.05) is 18.0 Å². The van der Waals surface area contributed by atoms with Crippen LogP contribution in [-0.2, 0) is 0 Å². The zero-order chi connectivity index (χ0) is 14.0. The Morgan fingerprint density at radius 2 is 2.11 bits per heavy atom. The van der Waals surface area contributed by atoms with Crippen LogP contribution in [0.4, 0.5) is 11.5 Å². The third-order valence-corrected chi connectivity index (χ3v) is 3.68. The van der Waals surface area contributed by atoms with Crippen LogP contribution in [0, 0.1) is 23.0 Å². The molecule has 19 heavy (non-hydrogen) atoms. The van der Waals surface area contributed by atoms with Gasteiger partial charge in [-0.15, -0.1) is 0 Å². The van der Waals surface area contributed by atoms with Gasteiger partial charge in [0.25, 0.3) is 0 Å². The lowest BCUT2D eigenvalue weighted by Crippen LogP contribution is -2.26. The fourth-order valence-electron chi connectivity index (χ4n) is 2.43. The molecule has 0 aliphatic carbocycles. The molecule has 0 saturated carbocycles. The molecule has 7 heteroatoms. The predicted molar refractivity (Wildman–Crippen MR) is 73.7 cm³/mol. The maximum Gasteiger partial charge on any atom is 0.332 e. The van der Waals surface area contributed by atoms with E-state index in [0.29, 0.717) is 17.4 Å². The van der Waals surface area contributed by atoms with Crippen molar-refractivity contribution in [3.8, 4) is 0 Å². The summed E-state index contributed by atoms with van der Waals surface area (Å²) in [7, 11) is 0. The van der Waals surface area contributed by atoms with E-state index in [1.54, 1.807) is 6.92 Å². The lowest BCUT2D eigenvalue weighted by Gasteiger charge is -2.21. The molecule has 1 aromatic heterocycles. The minimum Gasteiger partial charge on any atom is -0.351 e. The van der Waals surface area contributed by atoms with E-state index in [2.05, 4.69) is 16.9 Å². The van der Waals surface area contributed by atoms with Gasteiger partial charge in [0.05, 0.1) is 4.92 Å². The van der Waals surface area contributed by atoms with Gasteiger partial charge in [-0.1, -0.05) is 6.92 Å². The summed E-state index contributed by atoms with van der Waals surface area (Å²) in [6, 6.07) is 0. The molecule has 0 aromatic carbocycles. The van der Waals surface area contributed by atoms with Crippen molar-refractivity contribution < 1.29 is 4.92 Å². The molecule has 1 aromatic rings. The summed E-state index contributed by atoms with van der Waals surface area (Å²) in [5, 5.41) is 11.3. The molecule has 0 bridgehead atoms. The van der Waals surface area contributed by atoms with E-state index in [4.69, 9.17) is 11.6 Å². The molecule has 1 aliphatic rings. The normalized spacial score (nSPS) is 20.2. The van der Waals surface area contributed by atoms with Crippen molar-refractivity contribution in [2.24, 2.45) is 5.92 Å². The van der Waals surface area contributed by atoms with Crippen LogP contribution in [0.25, 0.3) is 0 Å². The SMILES string of the molecule is Cc1nc(Cl)nc(N2CCCC(C)CC2)c1[N+](=O)[O-]. The maximum absolute atomic E-state index is 11.2. The lowest BCUT2D eigenvalue weighted by molar-refractivity contribution is -0.385. The quantitative estimate of drug-likeness (QED) is 0.474. The summed E-state index contributed by atoms with van der Waals surface area (Å²) >= 11 is 5.84. The highest BCUT2D eigenvalue weighted by molar-refractivity contribution is 6.28. The van der Waals surface area contributed by atoms with E-state index in [1.165, 1.54) is 0 Å². The fraction of sp³-hybridized carbons (Fsp3) is 0.667. The number of nitrogens with zero attached hydrogens (tertiary/aromatic N) is 4. The van der Waals surface area contributed by atoms with Gasteiger partial charge in [-0.3, -0.25) is 10.1 Å². The van der Waals surface area contributed by atoms with Crippen molar-refractivity contribution in [3.05, 3.63) is 21.1 Å². The lowest BCUT2D eigenvalue weighted by atomic mass is 10.0. The standard InChI is InChI=1S/C12H17ClN4O2/c1-8-4-3-6-16(7-5-8)11-10(17(18)19)9(2)14-12(13)15-11/h8H,3-7H2,1-2H3. The number of halogens is 1. The van der Waals surface area contributed by atoms with Crippen LogP contribution in [0.15, 0.2) is 0 Å². The molecule has 104 valence electrons. The molecule has 0 radical (unpaired) electrons. The zero-order valence-corrected chi connectivity index (χ0v) is 11.9. The molecule has 0 spiro atoms. The molecule has 2 rings (SSSR count). The minimum absolute atomic E-state index is 0.0287. The average molecular weight is 285 g/mol. The average Bonchev–Trinajstić information content (AvgIpc) is 2.52. The van der Waals surface area contributed by atoms with Gasteiger partial charge in [-0.2, -0.15) is 4.98 Å². The first-order valence-corrected chi connectivity index (χ1v) is 6.80. The molecule has 0 N–H and O–H groups in total. The van der Waals surface area contributed by atoms with Crippen LogP contribution in [0.2, 0.25) is 5.28 Å². The van der Waals surface area contributed by atoms with Crippen LogP contribution >= 0.6 is 11.6 Å². The highest BCUT2D eigenvalue weighted by Crippen LogP contribution is 2.31. The molecule has 1 saturated heterocycles. The van der Waals surface area contributed by atoms with E-state index >= 15 is 0 Å². The molecule has 1 aliphatic heterocycles. The summed E-state index contributed by atoms with van der Waals surface area (Å²) in [5.74, 6) is 0.999. The van der Waals surface area contributed by atoms with Crippen LogP contribution < -0.4 is 4.90 Å². The van der Waals surface area contributed by atoms with E-state index in [1.807, 2.05) is 4.90 Å². The maximum atomic E-state index is 11.2. The summed E-state index contributed by atoms with van der Waals surface area (Å²) in [4.78, 5) is 20.7. The Bertz CT molecular complexity index is 495. The van der Waals surface area contributed by atoms with Crippen molar-refractivity contribution in [3.63, 3.8) is 0 Å². The molecule has 2 heterocycles. The molecule has 6 nitrogen and oxygen atoms in total. The van der Waals surface area contributed by atoms with Crippen molar-refractivity contribution in [1.82, 2.24) is 9.97 Å². The summed E-state index contributed by atoms with van der Waals surface area (Å²) in [5.41, 5.74) is 0.288. The third-order valence-electron chi connectivity index (χ3n) is 3.51. The second-order valence-electron chi connectivity index (χ2n) is 5.03. The number of aryl methyl sites for hydroxylation is 1. The van der Waals surface area contributed by atoms with Crippen molar-refractivity contribution in [2.45, 2.75) is 33.1 Å². The summed E-state index contributed by atoms with van der Waals surface area (Å²) in [6.07, 6.45) is 3.17. The number of anilines is 1. The van der Waals surface area contributed by atoms with Gasteiger partial charge in [-0.05, 0) is 43.7 Å². The zero-order valence-electron chi connectivity index (χ0n) is 11.1. The molecule has 1 atom stereocenters. The van der Waals surface area contributed by atoms with Gasteiger partial charge in [0, 0.05) is 13.1 Å². The first kappa shape index (κ1) is 14.0. The largest absolute Gasteiger partial charge is 0.351 e. The highest BCUT2D eigenvalue weighted by Gasteiger charge is 2.27. The topological polar surface area (TPSA) is 72.2 Å². The fourth-order valence-corrected chi connectivity index (χ4v) is 2.63. The smallest absolute Gasteiger partial charge is 0.332 e. The Balaban J connectivity index is 2.39. The Labute approximate surface area is 117 Å². The van der Waals surface area contributed by atoms with Crippen LogP contribution in [0.1, 0.15) is 31.9 Å². The first-order valence-electron chi connectivity index (χ1n) is 6.42. The number of hydrogen-bond donors (Lipinski definition) is 0. The van der Waals surface area contributed by atoms with Crippen molar-refractivity contribution in [1.29, 1.82) is 0 Å². The van der Waals surface area contributed by atoms with Gasteiger partial charge >= 0.3 is 5.69 Å². The van der Waals surface area contributed by atoms with Crippen LogP contribution in [0.5, 0.6) is 0 Å². The van der Waals surface area contributed by atoms with Gasteiger partial charge < -0.3 is 4.90 Å². The number of rotatable bonds is 2. The highest BCUT2D eigenvalue weighted by atomic mass is 35.5. The summed E-state index contributed by atoms with van der Waals surface area (Å²) in [6.45, 7) is 5.35. The van der Waals surface area contributed by atoms with Crippen LogP contribution in [0.3, 0.4) is 0 Å². The van der Waals surface area contributed by atoms with Gasteiger partial charge in [-0.25, -0.2) is 4.98 Å². The minimum atomic E-state index is -0.421. The first-order chi connectivity index (χ1) is 8.99. The van der Waals surface area contributed by atoms with Gasteiger partial charge in [0.15, 0.2) is 0 Å². The molecular weight excluding hydrogens is 268 g/mol. The Morgan fingerprint density at radius 3 is 2.79 bits per heavy atom. The second-order valence-corrected chi connectivity index (χ2v) is 5.37. The van der Waals surface area contributed by atoms with Gasteiger partial charge in [0.1, 0.15) is 5.69 Å². The second kappa shape index (κ2) is 5.69. The monoisotopic (exact) mass is 284 g/mol. The third kappa shape index (κ3) is 3.12. The van der Waals surface area contributed by atoms with E-state index < -0.39 is 4.92 Å². The van der Waals surface area contributed by atoms with Crippen molar-refractivity contribution >= 4 is 23.1 Å². The number of aromatic nitrogens is 2. The number of nitro groups is 1.